The van der Waals surface area contributed by atoms with Crippen LogP contribution in [0.5, 0.6) is 23.0 Å². The van der Waals surface area contributed by atoms with Gasteiger partial charge in [-0.1, -0.05) is 47.5 Å². The van der Waals surface area contributed by atoms with E-state index in [1.54, 1.807) is 21.1 Å². The first kappa shape index (κ1) is 60.2. The van der Waals surface area contributed by atoms with E-state index >= 15 is 0 Å². The fourth-order valence-corrected chi connectivity index (χ4v) is 7.21. The van der Waals surface area contributed by atoms with Crippen LogP contribution in [0.15, 0.2) is 95.1 Å². The lowest BCUT2D eigenvalue weighted by Gasteiger charge is -2.14. The molecule has 2 atom stereocenters. The number of ether oxygens (including phenoxy) is 7. The van der Waals surface area contributed by atoms with Crippen LogP contribution in [0.1, 0.15) is 80.5 Å². The molecule has 0 spiro atoms. The summed E-state index contributed by atoms with van der Waals surface area (Å²) in [5, 5.41) is 30.1. The highest BCUT2D eigenvalue weighted by Crippen LogP contribution is 2.28. The molecule has 1 fully saturated rings. The van der Waals surface area contributed by atoms with Crippen LogP contribution in [0, 0.1) is 0 Å². The molecule has 73 heavy (non-hydrogen) atoms. The van der Waals surface area contributed by atoms with Crippen molar-refractivity contribution in [3.05, 3.63) is 117 Å². The van der Waals surface area contributed by atoms with Crippen molar-refractivity contribution in [2.75, 3.05) is 86.7 Å². The van der Waals surface area contributed by atoms with Gasteiger partial charge >= 0.3 is 0 Å². The van der Waals surface area contributed by atoms with Gasteiger partial charge in [0.25, 0.3) is 0 Å². The number of amides is 2. The number of epoxide rings is 1. The molecule has 19 heteroatoms. The smallest absolute Gasteiger partial charge is 0.240 e. The molecule has 0 bridgehead atoms. The second kappa shape index (κ2) is 35.7. The van der Waals surface area contributed by atoms with Gasteiger partial charge in [-0.3, -0.25) is 9.59 Å². The first-order valence-electron chi connectivity index (χ1n) is 24.8. The standard InChI is InChI=1S/C26H34ClN3O5.C14H18ClN3O2.C12H16O3.C2H6O/c1-33-15-12-19-4-7-22(8-5-19)35-18-21(31)17-28-13-2-3-14-34-25-10-6-20(16-23(25)27)24-9-11-26(32)30-29-24;15-11-9-10(12-4-6-14(19)18-17-12)3-5-13(11)20-8-2-1-7-16;1-13-7-6-10-2-4-11(5-3-10)14-8-12-9-15-12;1-2-3/h4-8,10,16,21,28,31H,2-3,9,11-15,17-18H2,1H3,(H,30,32);3,5,9H,1-2,4,6-8,16H2,(H,18,19);2-5,12H,6-9H2,1H3;3H,2H2,1H3/t21-;;;/m0.../s1. The molecule has 0 radical (unpaired) electrons. The highest BCUT2D eigenvalue weighted by molar-refractivity contribution is 6.33. The zero-order valence-electron chi connectivity index (χ0n) is 42.4. The molecule has 3 heterocycles. The minimum absolute atomic E-state index is 0.0558. The van der Waals surface area contributed by atoms with E-state index in [2.05, 4.69) is 38.5 Å². The maximum absolute atomic E-state index is 11.2. The van der Waals surface area contributed by atoms with Crippen molar-refractivity contribution >= 4 is 46.4 Å². The Morgan fingerprint density at radius 2 is 1.18 bits per heavy atom. The normalized spacial score (nSPS) is 15.0. The van der Waals surface area contributed by atoms with Gasteiger partial charge in [-0.25, -0.2) is 10.9 Å². The molecular formula is C54H74Cl2N6O11. The van der Waals surface area contributed by atoms with Crippen LogP contribution in [0.2, 0.25) is 10.0 Å². The van der Waals surface area contributed by atoms with Crippen LogP contribution >= 0.6 is 23.2 Å². The van der Waals surface area contributed by atoms with Crippen molar-refractivity contribution in [3.8, 4) is 23.0 Å². The topological polar surface area (TPSA) is 229 Å². The Bertz CT molecular complexity index is 2270. The Morgan fingerprint density at radius 1 is 0.699 bits per heavy atom. The van der Waals surface area contributed by atoms with E-state index in [0.717, 1.165) is 92.3 Å². The fraction of sp³-hybridized carbons (Fsp3) is 0.481. The van der Waals surface area contributed by atoms with Gasteiger partial charge in [-0.15, -0.1) is 0 Å². The predicted molar refractivity (Wildman–Crippen MR) is 286 cm³/mol. The number of hydrogen-bond donors (Lipinski definition) is 6. The Balaban J connectivity index is 0.000000255. The van der Waals surface area contributed by atoms with Crippen LogP contribution < -0.4 is 40.8 Å². The summed E-state index contributed by atoms with van der Waals surface area (Å²) >= 11 is 12.6. The van der Waals surface area contributed by atoms with E-state index in [1.807, 2.05) is 72.8 Å². The molecule has 2 amide bonds. The van der Waals surface area contributed by atoms with Crippen LogP contribution in [-0.4, -0.2) is 132 Å². The summed E-state index contributed by atoms with van der Waals surface area (Å²) in [5.74, 6) is 2.81. The number of nitrogens with two attached hydrogens (primary N) is 1. The summed E-state index contributed by atoms with van der Waals surface area (Å²) in [4.78, 5) is 22.3. The van der Waals surface area contributed by atoms with Crippen LogP contribution in [-0.2, 0) is 36.6 Å². The molecule has 0 aliphatic carbocycles. The number of methoxy groups -OCH3 is 2. The van der Waals surface area contributed by atoms with Gasteiger partial charge in [0.1, 0.15) is 48.4 Å². The third kappa shape index (κ3) is 25.0. The van der Waals surface area contributed by atoms with Crippen molar-refractivity contribution in [1.29, 1.82) is 0 Å². The molecule has 1 saturated heterocycles. The van der Waals surface area contributed by atoms with E-state index in [4.69, 9.17) is 67.2 Å². The predicted octanol–water partition coefficient (Wildman–Crippen LogP) is 7.06. The van der Waals surface area contributed by atoms with Crippen molar-refractivity contribution in [2.24, 2.45) is 15.9 Å². The lowest BCUT2D eigenvalue weighted by molar-refractivity contribution is -0.122. The summed E-state index contributed by atoms with van der Waals surface area (Å²) < 4.78 is 37.7. The maximum Gasteiger partial charge on any atom is 0.240 e. The third-order valence-electron chi connectivity index (χ3n) is 10.9. The van der Waals surface area contributed by atoms with Gasteiger partial charge in [-0.2, -0.15) is 10.2 Å². The summed E-state index contributed by atoms with van der Waals surface area (Å²) in [6, 6.07) is 27.1. The Labute approximate surface area is 440 Å². The summed E-state index contributed by atoms with van der Waals surface area (Å²) in [6.07, 6.45) is 7.25. The molecule has 4 aromatic rings. The molecule has 3 aliphatic rings. The number of halogens is 2. The van der Waals surface area contributed by atoms with Gasteiger partial charge in [0, 0.05) is 53.1 Å². The Hall–Kier alpha value is -5.34. The van der Waals surface area contributed by atoms with Crippen molar-refractivity contribution < 1.29 is 53.0 Å². The molecule has 0 aromatic heterocycles. The summed E-state index contributed by atoms with van der Waals surface area (Å²) in [7, 11) is 3.41. The first-order chi connectivity index (χ1) is 35.5. The van der Waals surface area contributed by atoms with E-state index in [-0.39, 0.29) is 25.0 Å². The van der Waals surface area contributed by atoms with Gasteiger partial charge < -0.3 is 54.4 Å². The van der Waals surface area contributed by atoms with Crippen LogP contribution in [0.25, 0.3) is 0 Å². The van der Waals surface area contributed by atoms with E-state index in [9.17, 15) is 14.7 Å². The van der Waals surface area contributed by atoms with Gasteiger partial charge in [-0.05, 0) is 141 Å². The number of rotatable bonds is 27. The lowest BCUT2D eigenvalue weighted by Crippen LogP contribution is -2.32. The third-order valence-corrected chi connectivity index (χ3v) is 11.5. The molecule has 3 aliphatic heterocycles. The molecule has 4 aromatic carbocycles. The lowest BCUT2D eigenvalue weighted by atomic mass is 10.0. The van der Waals surface area contributed by atoms with Crippen LogP contribution in [0.4, 0.5) is 0 Å². The number of hydrogen-bond acceptors (Lipinski definition) is 15. The fourth-order valence-electron chi connectivity index (χ4n) is 6.74. The molecule has 1 unspecified atom stereocenters. The number of carbonyl (C=O) groups excluding carboxylic acids is 2. The number of aliphatic hydroxyl groups is 2. The highest BCUT2D eigenvalue weighted by atomic mass is 35.5. The van der Waals surface area contributed by atoms with Crippen LogP contribution in [0.3, 0.4) is 0 Å². The molecule has 400 valence electrons. The zero-order chi connectivity index (χ0) is 52.5. The SMILES string of the molecule is CCO.COCCc1ccc(OCC2CO2)cc1.COCCc1ccc(OC[C@@H](O)CNCCCCOc2ccc(C3=NNC(=O)CC3)cc2Cl)cc1.NCCCCOc1ccc(C2=NNC(=O)CC2)cc1Cl. The van der Waals surface area contributed by atoms with Crippen molar-refractivity contribution in [1.82, 2.24) is 16.2 Å². The van der Waals surface area contributed by atoms with Gasteiger partial charge in [0.15, 0.2) is 0 Å². The molecule has 0 saturated carbocycles. The number of unbranched alkanes of at least 4 members (excludes halogenated alkanes) is 2. The minimum atomic E-state index is -0.584. The molecule has 17 nitrogen and oxygen atoms in total. The average Bonchev–Trinajstić information content (AvgIpc) is 4.24. The van der Waals surface area contributed by atoms with E-state index in [0.29, 0.717) is 92.8 Å². The van der Waals surface area contributed by atoms with E-state index < -0.39 is 6.10 Å². The minimum Gasteiger partial charge on any atom is -0.492 e. The maximum atomic E-state index is 11.2. The highest BCUT2D eigenvalue weighted by Gasteiger charge is 2.23. The number of carbonyl (C=O) groups is 2. The number of hydrazone groups is 2. The van der Waals surface area contributed by atoms with Crippen molar-refractivity contribution in [2.45, 2.75) is 83.3 Å². The van der Waals surface area contributed by atoms with Crippen molar-refractivity contribution in [3.63, 3.8) is 0 Å². The number of aliphatic hydroxyl groups excluding tert-OH is 2. The monoisotopic (exact) mass is 1050 g/mol. The Kier molecular flexibility index (Phi) is 29.5. The molecule has 7 N–H and O–H groups in total. The van der Waals surface area contributed by atoms with E-state index in [1.165, 1.54) is 11.1 Å². The summed E-state index contributed by atoms with van der Waals surface area (Å²) in [5.41, 5.74) is 16.3. The first-order valence-corrected chi connectivity index (χ1v) is 25.6. The molecule has 7 rings (SSSR count). The zero-order valence-corrected chi connectivity index (χ0v) is 43.9. The summed E-state index contributed by atoms with van der Waals surface area (Å²) in [6.45, 7) is 8.17. The number of benzene rings is 4. The van der Waals surface area contributed by atoms with Gasteiger partial charge in [0.05, 0.1) is 54.5 Å². The quantitative estimate of drug-likeness (QED) is 0.0260. The average molecular weight is 1050 g/mol. The number of nitrogens with zero attached hydrogens (tertiary/aromatic N) is 2. The number of nitrogens with one attached hydrogen (secondary N) is 3. The molecular weight excluding hydrogens is 980 g/mol. The van der Waals surface area contributed by atoms with Gasteiger partial charge in [0.2, 0.25) is 11.8 Å². The second-order valence-electron chi connectivity index (χ2n) is 16.9. The Morgan fingerprint density at radius 3 is 1.60 bits per heavy atom. The largest absolute Gasteiger partial charge is 0.492 e. The second-order valence-corrected chi connectivity index (χ2v) is 17.7.